The number of sulfonamides is 1. The van der Waals surface area contributed by atoms with Crippen molar-refractivity contribution in [2.45, 2.75) is 20.8 Å². The van der Waals surface area contributed by atoms with Crippen molar-refractivity contribution in [3.05, 3.63) is 106 Å². The molecule has 2 fully saturated rings. The van der Waals surface area contributed by atoms with Crippen molar-refractivity contribution in [1.29, 1.82) is 0 Å². The molecule has 6 heterocycles. The number of para-hydroxylation sites is 2. The Morgan fingerprint density at radius 1 is 0.603 bits per heavy atom. The van der Waals surface area contributed by atoms with Crippen LogP contribution < -0.4 is 5.32 Å². The summed E-state index contributed by atoms with van der Waals surface area (Å²) in [4.78, 5) is 4.96. The van der Waals surface area contributed by atoms with Crippen molar-refractivity contribution in [3.8, 4) is 32.5 Å². The van der Waals surface area contributed by atoms with Crippen LogP contribution in [0.25, 0.3) is 32.5 Å². The Bertz CT molecular complexity index is 2740. The molecule has 0 saturated carbocycles. The summed E-state index contributed by atoms with van der Waals surface area (Å²) in [6, 6.07) is 19.9. The Hall–Kier alpha value is -3.55. The molecule has 2 aliphatic heterocycles. The van der Waals surface area contributed by atoms with Crippen LogP contribution in [-0.2, 0) is 31.4 Å². The molecule has 2 aromatic carbocycles. The van der Waals surface area contributed by atoms with Gasteiger partial charge in [0.15, 0.2) is 11.4 Å². The molecule has 0 spiro atoms. The van der Waals surface area contributed by atoms with Crippen molar-refractivity contribution in [2.24, 2.45) is 0 Å². The number of nitrogens with zero attached hydrogens (tertiary/aromatic N) is 7. The highest BCUT2D eigenvalue weighted by molar-refractivity contribution is 8.15. The van der Waals surface area contributed by atoms with Crippen LogP contribution in [0.3, 0.4) is 0 Å². The van der Waals surface area contributed by atoms with Crippen LogP contribution in [0.5, 0.6) is 0 Å². The summed E-state index contributed by atoms with van der Waals surface area (Å²) in [5.74, 6) is 0. The van der Waals surface area contributed by atoms with E-state index in [2.05, 4.69) is 27.5 Å². The maximum absolute atomic E-state index is 13.4. The van der Waals surface area contributed by atoms with E-state index >= 15 is 0 Å². The molecule has 2 aliphatic rings. The van der Waals surface area contributed by atoms with Gasteiger partial charge in [0.2, 0.25) is 0 Å². The fraction of sp³-hybridized carbons (Fsp3) is 0.316. The fourth-order valence-corrected chi connectivity index (χ4v) is 11.5. The third kappa shape index (κ3) is 12.0. The van der Waals surface area contributed by atoms with Crippen molar-refractivity contribution < 1.29 is 43.2 Å². The number of aromatic nitrogens is 4. The lowest BCUT2D eigenvalue weighted by Gasteiger charge is -2.31. The van der Waals surface area contributed by atoms with E-state index in [1.807, 2.05) is 11.9 Å². The molecule has 0 unspecified atom stereocenters. The summed E-state index contributed by atoms with van der Waals surface area (Å²) in [7, 11) is 1.63. The Morgan fingerprint density at radius 2 is 1.02 bits per heavy atom. The minimum Gasteiger partial charge on any atom is -0.314 e. The summed E-state index contributed by atoms with van der Waals surface area (Å²) in [6.45, 7) is 6.70. The lowest BCUT2D eigenvalue weighted by atomic mass is 10.2. The lowest BCUT2D eigenvalue weighted by molar-refractivity contribution is -0.142. The molecule has 12 nitrogen and oxygen atoms in total. The number of rotatable bonds is 7. The predicted molar refractivity (Wildman–Crippen MR) is 233 cm³/mol. The van der Waals surface area contributed by atoms with Gasteiger partial charge in [-0.1, -0.05) is 47.5 Å². The molecule has 0 aliphatic carbocycles. The molecule has 0 radical (unpaired) electrons. The van der Waals surface area contributed by atoms with Gasteiger partial charge in [0.05, 0.1) is 42.6 Å². The molecule has 8 rings (SSSR count). The fourth-order valence-electron chi connectivity index (χ4n) is 6.12. The lowest BCUT2D eigenvalue weighted by Crippen LogP contribution is -2.46. The summed E-state index contributed by atoms with van der Waals surface area (Å²) >= 11 is 13.9. The van der Waals surface area contributed by atoms with Crippen molar-refractivity contribution in [2.75, 3.05) is 66.5 Å². The SMILES string of the molecule is CN1CCN(S(=O)(=O)c2ccc(-c3cc(C(F)(F)F)nn3-c3ccccc3Cl)s2)CC1.CN1CCNCC1.O=S(=O)(Cl)c1ccc(-c2cc(C(F)(F)F)nn2-c2ccccc2Cl)s1. The first-order chi connectivity index (χ1) is 29.5. The Labute approximate surface area is 381 Å². The van der Waals surface area contributed by atoms with Gasteiger partial charge in [-0.25, -0.2) is 26.2 Å². The topological polar surface area (TPSA) is 126 Å². The molecular formula is C38H37Cl3F6N8O4S4. The first-order valence-electron chi connectivity index (χ1n) is 18.6. The van der Waals surface area contributed by atoms with Gasteiger partial charge < -0.3 is 15.1 Å². The zero-order chi connectivity index (χ0) is 45.9. The molecule has 63 heavy (non-hydrogen) atoms. The molecule has 1 N–H and O–H groups in total. The third-order valence-electron chi connectivity index (χ3n) is 9.47. The number of thiophene rings is 2. The van der Waals surface area contributed by atoms with Crippen LogP contribution >= 0.6 is 56.6 Å². The van der Waals surface area contributed by atoms with Gasteiger partial charge in [0.1, 0.15) is 8.42 Å². The molecule has 4 aromatic heterocycles. The van der Waals surface area contributed by atoms with Crippen LogP contribution in [0, 0.1) is 0 Å². The van der Waals surface area contributed by atoms with E-state index in [-0.39, 0.29) is 46.1 Å². The molecule has 0 amide bonds. The quantitative estimate of drug-likeness (QED) is 0.123. The first-order valence-corrected chi connectivity index (χ1v) is 24.7. The van der Waals surface area contributed by atoms with E-state index in [1.165, 1.54) is 53.8 Å². The molecule has 340 valence electrons. The Morgan fingerprint density at radius 3 is 1.40 bits per heavy atom. The number of alkyl halides is 6. The standard InChI is InChI=1S/C19H18ClF3N4O2S2.C14H7Cl2F3N2O2S2.C5H12N2/c1-25-8-10-26(11-9-25)31(28,29)18-7-6-16(30-18)15-12-17(19(21,22)23)24-27(15)14-5-3-2-4-13(14)20;15-8-3-1-2-4-9(8)21-10(7-12(20-21)14(17,18)19)11-5-6-13(24-11)25(16,22)23;1-7-4-2-6-3-5-7/h2-7,12H,8-11H2,1H3;1-7H;6H,2-5H2,1H3. The number of halogens is 9. The molecular weight excluding hydrogens is 981 g/mol. The molecule has 6 aromatic rings. The second kappa shape index (κ2) is 19.9. The van der Waals surface area contributed by atoms with E-state index in [0.29, 0.717) is 31.1 Å². The predicted octanol–water partition coefficient (Wildman–Crippen LogP) is 8.93. The first kappa shape index (κ1) is 48.9. The normalized spacial score (nSPS) is 16.0. The second-order valence-electron chi connectivity index (χ2n) is 14.0. The molecule has 0 bridgehead atoms. The zero-order valence-corrected chi connectivity index (χ0v) is 38.6. The number of likely N-dealkylation sites (N-methyl/N-ethyl adjacent to an activating group) is 2. The highest BCUT2D eigenvalue weighted by Gasteiger charge is 2.37. The van der Waals surface area contributed by atoms with Gasteiger partial charge in [-0.05, 0) is 74.8 Å². The highest BCUT2D eigenvalue weighted by atomic mass is 35.7. The smallest absolute Gasteiger partial charge is 0.314 e. The third-order valence-corrected chi connectivity index (χ3v) is 16.8. The highest BCUT2D eigenvalue weighted by Crippen LogP contribution is 2.40. The van der Waals surface area contributed by atoms with Gasteiger partial charge in [0, 0.05) is 63.0 Å². The van der Waals surface area contributed by atoms with Crippen LogP contribution in [-0.4, -0.2) is 117 Å². The van der Waals surface area contributed by atoms with E-state index in [1.54, 1.807) is 36.4 Å². The van der Waals surface area contributed by atoms with Crippen LogP contribution in [0.2, 0.25) is 10.0 Å². The van der Waals surface area contributed by atoms with Crippen LogP contribution in [0.1, 0.15) is 11.4 Å². The Balaban J connectivity index is 0.000000184. The number of piperazine rings is 2. The average molecular weight is 1020 g/mol. The zero-order valence-electron chi connectivity index (χ0n) is 33.0. The molecule has 0 atom stereocenters. The number of nitrogens with one attached hydrogen (secondary N) is 1. The summed E-state index contributed by atoms with van der Waals surface area (Å²) in [5, 5.41) is 11.0. The van der Waals surface area contributed by atoms with Crippen molar-refractivity contribution in [3.63, 3.8) is 0 Å². The van der Waals surface area contributed by atoms with E-state index < -0.39 is 42.8 Å². The van der Waals surface area contributed by atoms with Gasteiger partial charge in [-0.2, -0.15) is 40.8 Å². The monoisotopic (exact) mass is 1020 g/mol. The van der Waals surface area contributed by atoms with Crippen molar-refractivity contribution in [1.82, 2.24) is 39.0 Å². The maximum Gasteiger partial charge on any atom is 0.435 e. The largest absolute Gasteiger partial charge is 0.435 e. The number of hydrogen-bond donors (Lipinski definition) is 1. The Kier molecular flexibility index (Phi) is 15.4. The second-order valence-corrected chi connectivity index (χ2v) is 21.9. The summed E-state index contributed by atoms with van der Waals surface area (Å²) in [5.41, 5.74) is -1.53. The van der Waals surface area contributed by atoms with Crippen LogP contribution in [0.15, 0.2) is 93.3 Å². The van der Waals surface area contributed by atoms with Crippen LogP contribution in [0.4, 0.5) is 26.3 Å². The molecule has 25 heteroatoms. The minimum atomic E-state index is -4.67. The average Bonchev–Trinajstić information content (AvgIpc) is 4.05. The maximum atomic E-state index is 13.4. The molecule has 2 saturated heterocycles. The van der Waals surface area contributed by atoms with Gasteiger partial charge >= 0.3 is 12.4 Å². The van der Waals surface area contributed by atoms with E-state index in [0.717, 1.165) is 57.3 Å². The van der Waals surface area contributed by atoms with E-state index in [4.69, 9.17) is 33.9 Å². The van der Waals surface area contributed by atoms with Crippen molar-refractivity contribution >= 4 is 75.6 Å². The summed E-state index contributed by atoms with van der Waals surface area (Å²) in [6.07, 6.45) is -9.33. The summed E-state index contributed by atoms with van der Waals surface area (Å²) < 4.78 is 132. The van der Waals surface area contributed by atoms with Gasteiger partial charge in [0.25, 0.3) is 19.1 Å². The van der Waals surface area contributed by atoms with E-state index in [9.17, 15) is 43.2 Å². The minimum absolute atomic E-state index is 0.0528. The number of benzene rings is 2. The van der Waals surface area contributed by atoms with Gasteiger partial charge in [-0.3, -0.25) is 0 Å². The number of hydrogen-bond acceptors (Lipinski definition) is 11. The van der Waals surface area contributed by atoms with Gasteiger partial charge in [-0.15, -0.1) is 22.7 Å².